The van der Waals surface area contributed by atoms with Crippen LogP contribution in [0.25, 0.3) is 10.3 Å². The molecule has 0 atom stereocenters. The van der Waals surface area contributed by atoms with Gasteiger partial charge in [0.25, 0.3) is 5.56 Å². The standard InChI is InChI=1S/C8H10N4OS/c1-3-12-4-10-7(13)5-6(12)11-8(9-2)14-5/h4H,3H2,1-2H3,(H,9,11). The minimum Gasteiger partial charge on any atom is -0.365 e. The highest BCUT2D eigenvalue weighted by atomic mass is 32.1. The molecule has 0 aliphatic rings. The van der Waals surface area contributed by atoms with Crippen molar-refractivity contribution >= 4 is 26.8 Å². The molecule has 74 valence electrons. The Kier molecular flexibility index (Phi) is 2.20. The minimum atomic E-state index is -0.205. The van der Waals surface area contributed by atoms with Crippen LogP contribution in [0.4, 0.5) is 5.13 Å². The second kappa shape index (κ2) is 3.38. The SMILES string of the molecule is CCn1cnc(=O)c2sc(NC)nc21. The van der Waals surface area contributed by atoms with Crippen molar-refractivity contribution in [1.29, 1.82) is 0 Å². The first-order valence-corrected chi connectivity index (χ1v) is 5.11. The predicted molar refractivity (Wildman–Crippen MR) is 56.9 cm³/mol. The summed E-state index contributed by atoms with van der Waals surface area (Å²) in [4.78, 5) is 19.5. The third-order valence-corrected chi connectivity index (χ3v) is 2.99. The summed E-state index contributed by atoms with van der Waals surface area (Å²) in [6, 6.07) is 0. The van der Waals surface area contributed by atoms with Crippen LogP contribution in [0.3, 0.4) is 0 Å². The van der Waals surface area contributed by atoms with Gasteiger partial charge in [-0.1, -0.05) is 11.3 Å². The van der Waals surface area contributed by atoms with Crippen LogP contribution in [0.5, 0.6) is 0 Å². The maximum Gasteiger partial charge on any atom is 0.292 e. The third kappa shape index (κ3) is 1.27. The van der Waals surface area contributed by atoms with E-state index in [0.29, 0.717) is 10.3 Å². The third-order valence-electron chi connectivity index (χ3n) is 1.94. The van der Waals surface area contributed by atoms with Crippen molar-refractivity contribution in [3.05, 3.63) is 16.7 Å². The van der Waals surface area contributed by atoms with E-state index < -0.39 is 0 Å². The monoisotopic (exact) mass is 210 g/mol. The number of hydrogen-bond acceptors (Lipinski definition) is 5. The second-order valence-corrected chi connectivity index (χ2v) is 3.76. The Morgan fingerprint density at radius 3 is 3.07 bits per heavy atom. The lowest BCUT2D eigenvalue weighted by molar-refractivity contribution is 0.757. The molecule has 2 aromatic heterocycles. The van der Waals surface area contributed by atoms with Gasteiger partial charge in [0.2, 0.25) is 0 Å². The first-order chi connectivity index (χ1) is 6.76. The number of hydrogen-bond donors (Lipinski definition) is 1. The van der Waals surface area contributed by atoms with Crippen LogP contribution in [0.15, 0.2) is 11.1 Å². The van der Waals surface area contributed by atoms with Gasteiger partial charge in [-0.2, -0.15) is 4.98 Å². The fraction of sp³-hybridized carbons (Fsp3) is 0.375. The highest BCUT2D eigenvalue weighted by Gasteiger charge is 2.09. The van der Waals surface area contributed by atoms with Crippen LogP contribution < -0.4 is 10.9 Å². The van der Waals surface area contributed by atoms with Crippen molar-refractivity contribution in [2.75, 3.05) is 12.4 Å². The van der Waals surface area contributed by atoms with Gasteiger partial charge in [-0.3, -0.25) is 4.79 Å². The predicted octanol–water partition coefficient (Wildman–Crippen LogP) is 0.915. The van der Waals surface area contributed by atoms with Gasteiger partial charge in [0.15, 0.2) is 10.8 Å². The summed E-state index contributed by atoms with van der Waals surface area (Å²) in [5.41, 5.74) is 0.505. The Bertz CT molecular complexity index is 516. The Morgan fingerprint density at radius 2 is 2.43 bits per heavy atom. The number of fused-ring (bicyclic) bond motifs is 1. The van der Waals surface area contributed by atoms with Crippen molar-refractivity contribution in [2.45, 2.75) is 13.5 Å². The number of nitrogens with one attached hydrogen (secondary N) is 1. The van der Waals surface area contributed by atoms with Crippen LogP contribution in [-0.4, -0.2) is 21.6 Å². The van der Waals surface area contributed by atoms with Gasteiger partial charge in [-0.15, -0.1) is 0 Å². The molecule has 2 heterocycles. The van der Waals surface area contributed by atoms with E-state index in [1.54, 1.807) is 7.05 Å². The molecule has 0 spiro atoms. The molecule has 0 aliphatic carbocycles. The van der Waals surface area contributed by atoms with E-state index in [0.717, 1.165) is 11.7 Å². The molecular formula is C8H10N4OS. The van der Waals surface area contributed by atoms with Gasteiger partial charge in [-0.05, 0) is 6.92 Å². The normalized spacial score (nSPS) is 10.7. The molecule has 0 radical (unpaired) electrons. The van der Waals surface area contributed by atoms with E-state index in [4.69, 9.17) is 0 Å². The minimum absolute atomic E-state index is 0.205. The average molecular weight is 210 g/mol. The number of thiazole rings is 1. The fourth-order valence-corrected chi connectivity index (χ4v) is 2.04. The maximum absolute atomic E-state index is 11.4. The van der Waals surface area contributed by atoms with Crippen molar-refractivity contribution in [3.8, 4) is 0 Å². The Hall–Kier alpha value is -1.43. The molecule has 0 fully saturated rings. The zero-order valence-corrected chi connectivity index (χ0v) is 8.76. The van der Waals surface area contributed by atoms with Crippen LogP contribution in [0, 0.1) is 0 Å². The van der Waals surface area contributed by atoms with E-state index in [-0.39, 0.29) is 5.56 Å². The largest absolute Gasteiger partial charge is 0.365 e. The first kappa shape index (κ1) is 9.14. The van der Waals surface area contributed by atoms with E-state index in [1.165, 1.54) is 17.7 Å². The number of anilines is 1. The summed E-state index contributed by atoms with van der Waals surface area (Å²) in [6.45, 7) is 2.75. The van der Waals surface area contributed by atoms with Gasteiger partial charge in [0, 0.05) is 13.6 Å². The van der Waals surface area contributed by atoms with Crippen LogP contribution >= 0.6 is 11.3 Å². The lowest BCUT2D eigenvalue weighted by Crippen LogP contribution is -2.10. The molecule has 0 saturated heterocycles. The molecule has 14 heavy (non-hydrogen) atoms. The van der Waals surface area contributed by atoms with Crippen LogP contribution in [0.1, 0.15) is 6.92 Å². The molecular weight excluding hydrogens is 200 g/mol. The topological polar surface area (TPSA) is 59.8 Å². The second-order valence-electron chi connectivity index (χ2n) is 2.76. The van der Waals surface area contributed by atoms with Crippen LogP contribution in [-0.2, 0) is 6.54 Å². The lowest BCUT2D eigenvalue weighted by Gasteiger charge is -1.99. The van der Waals surface area contributed by atoms with E-state index in [9.17, 15) is 4.79 Å². The summed E-state index contributed by atoms with van der Waals surface area (Å²) >= 11 is 1.34. The number of rotatable bonds is 2. The smallest absolute Gasteiger partial charge is 0.292 e. The molecule has 0 saturated carbocycles. The van der Waals surface area contributed by atoms with E-state index >= 15 is 0 Å². The van der Waals surface area contributed by atoms with Gasteiger partial charge in [0.05, 0.1) is 0 Å². The molecule has 2 aromatic rings. The maximum atomic E-state index is 11.4. The molecule has 0 bridgehead atoms. The van der Waals surface area contributed by atoms with E-state index in [2.05, 4.69) is 15.3 Å². The summed E-state index contributed by atoms with van der Waals surface area (Å²) in [6.07, 6.45) is 1.53. The van der Waals surface area contributed by atoms with Crippen molar-refractivity contribution in [2.24, 2.45) is 0 Å². The molecule has 0 aromatic carbocycles. The zero-order chi connectivity index (χ0) is 10.1. The molecule has 5 nitrogen and oxygen atoms in total. The highest BCUT2D eigenvalue weighted by Crippen LogP contribution is 2.21. The van der Waals surface area contributed by atoms with Gasteiger partial charge in [0.1, 0.15) is 11.0 Å². The highest BCUT2D eigenvalue weighted by molar-refractivity contribution is 7.22. The Labute approximate surface area is 84.4 Å². The lowest BCUT2D eigenvalue weighted by atomic mass is 10.5. The number of aryl methyl sites for hydroxylation is 1. The van der Waals surface area contributed by atoms with Gasteiger partial charge in [-0.25, -0.2) is 4.98 Å². The van der Waals surface area contributed by atoms with Crippen molar-refractivity contribution < 1.29 is 0 Å². The fourth-order valence-electron chi connectivity index (χ4n) is 1.22. The van der Waals surface area contributed by atoms with Crippen LogP contribution in [0.2, 0.25) is 0 Å². The Balaban J connectivity index is 2.81. The summed E-state index contributed by atoms with van der Waals surface area (Å²) < 4.78 is 2.47. The van der Waals surface area contributed by atoms with Gasteiger partial charge >= 0.3 is 0 Å². The van der Waals surface area contributed by atoms with E-state index in [1.807, 2.05) is 11.5 Å². The number of nitrogens with zero attached hydrogens (tertiary/aromatic N) is 3. The molecule has 6 heteroatoms. The van der Waals surface area contributed by atoms with Crippen molar-refractivity contribution in [3.63, 3.8) is 0 Å². The first-order valence-electron chi connectivity index (χ1n) is 4.30. The number of aromatic nitrogens is 3. The summed E-state index contributed by atoms with van der Waals surface area (Å²) in [5, 5.41) is 3.67. The average Bonchev–Trinajstić information content (AvgIpc) is 2.63. The molecule has 0 amide bonds. The molecule has 2 rings (SSSR count). The summed E-state index contributed by atoms with van der Waals surface area (Å²) in [5.74, 6) is 0. The molecule has 1 N–H and O–H groups in total. The Morgan fingerprint density at radius 1 is 1.64 bits per heavy atom. The van der Waals surface area contributed by atoms with Gasteiger partial charge < -0.3 is 9.88 Å². The zero-order valence-electron chi connectivity index (χ0n) is 7.94. The molecule has 0 aliphatic heterocycles. The quantitative estimate of drug-likeness (QED) is 0.800. The van der Waals surface area contributed by atoms with Crippen molar-refractivity contribution in [1.82, 2.24) is 14.5 Å². The molecule has 0 unspecified atom stereocenters. The summed E-state index contributed by atoms with van der Waals surface area (Å²) in [7, 11) is 1.78.